The Bertz CT molecular complexity index is 748. The molecule has 0 saturated carbocycles. The number of hydrogen-bond acceptors (Lipinski definition) is 3. The highest BCUT2D eigenvalue weighted by atomic mass is 19.4. The summed E-state index contributed by atoms with van der Waals surface area (Å²) in [5.74, 6) is -3.93. The summed E-state index contributed by atoms with van der Waals surface area (Å²) in [6.45, 7) is 0. The Morgan fingerprint density at radius 2 is 1.54 bits per heavy atom. The van der Waals surface area contributed by atoms with E-state index >= 15 is 0 Å². The number of ketones is 1. The number of halogens is 6. The van der Waals surface area contributed by atoms with Gasteiger partial charge in [0.05, 0.1) is 11.4 Å². The molecular weight excluding hydrogens is 338 g/mol. The van der Waals surface area contributed by atoms with Gasteiger partial charge in [0.1, 0.15) is 11.6 Å². The van der Waals surface area contributed by atoms with Gasteiger partial charge in [-0.2, -0.15) is 8.78 Å². The van der Waals surface area contributed by atoms with Crippen LogP contribution in [0.5, 0.6) is 0 Å². The molecule has 0 aromatic heterocycles. The van der Waals surface area contributed by atoms with Crippen LogP contribution in [0.15, 0.2) is 42.5 Å². The minimum Gasteiger partial charge on any atom is -0.320 e. The van der Waals surface area contributed by atoms with E-state index in [1.165, 1.54) is 12.1 Å². The van der Waals surface area contributed by atoms with Crippen molar-refractivity contribution in [2.45, 2.75) is 12.1 Å². The molecule has 0 aliphatic heterocycles. The van der Waals surface area contributed by atoms with Crippen LogP contribution in [0.1, 0.15) is 27.5 Å². The van der Waals surface area contributed by atoms with Gasteiger partial charge in [-0.25, -0.2) is 8.78 Å². The number of Topliss-reactive ketones (excluding diaryl/α,β-unsaturated/α-hetero) is 1. The van der Waals surface area contributed by atoms with Gasteiger partial charge >= 0.3 is 6.05 Å². The first-order valence-electron chi connectivity index (χ1n) is 6.49. The van der Waals surface area contributed by atoms with Crippen molar-refractivity contribution in [1.29, 1.82) is 0 Å². The molecule has 1 unspecified atom stereocenters. The van der Waals surface area contributed by atoms with Gasteiger partial charge in [0.2, 0.25) is 0 Å². The van der Waals surface area contributed by atoms with Crippen LogP contribution < -0.4 is 5.73 Å². The lowest BCUT2D eigenvalue weighted by Crippen LogP contribution is -2.38. The second kappa shape index (κ2) is 6.62. The Balaban J connectivity index is 2.42. The van der Waals surface area contributed by atoms with Crippen molar-refractivity contribution in [2.75, 3.05) is 0 Å². The number of nitrogens with two attached hydrogens (primary N) is 1. The van der Waals surface area contributed by atoms with E-state index in [1.807, 2.05) is 0 Å². The zero-order valence-corrected chi connectivity index (χ0v) is 11.8. The van der Waals surface area contributed by atoms with Crippen LogP contribution in [0, 0.1) is 11.6 Å². The van der Waals surface area contributed by atoms with Crippen LogP contribution in [0.2, 0.25) is 0 Å². The molecule has 0 fully saturated rings. The van der Waals surface area contributed by atoms with E-state index in [0.717, 1.165) is 24.3 Å². The molecule has 0 bridgehead atoms. The number of rotatable bonds is 5. The van der Waals surface area contributed by atoms with Gasteiger partial charge in [-0.15, -0.1) is 0 Å². The predicted molar refractivity (Wildman–Crippen MR) is 72.2 cm³/mol. The highest BCUT2D eigenvalue weighted by molar-refractivity contribution is 6.01. The molecule has 0 spiro atoms. The highest BCUT2D eigenvalue weighted by Crippen LogP contribution is 2.28. The molecule has 1 atom stereocenters. The molecule has 0 heterocycles. The number of carbonyl (C=O) groups is 1. The number of alkyl halides is 2. The standard InChI is InChI=1S/C15H10F6N2O/c16-11-3-1-8(2-4-11)13(22)9-5-10(7-12(17)6-9)14(24)15(18,19)23(20)21/h1-7,13H,22H2. The van der Waals surface area contributed by atoms with E-state index < -0.39 is 40.4 Å². The van der Waals surface area contributed by atoms with E-state index in [4.69, 9.17) is 5.73 Å². The lowest BCUT2D eigenvalue weighted by atomic mass is 9.96. The first kappa shape index (κ1) is 18.0. The first-order valence-corrected chi connectivity index (χ1v) is 6.49. The largest absolute Gasteiger partial charge is 0.420 e. The molecule has 2 N–H and O–H groups in total. The summed E-state index contributed by atoms with van der Waals surface area (Å²) in [7, 11) is 0. The van der Waals surface area contributed by atoms with Crippen LogP contribution in [0.25, 0.3) is 0 Å². The Morgan fingerprint density at radius 1 is 0.958 bits per heavy atom. The van der Waals surface area contributed by atoms with E-state index in [2.05, 4.69) is 0 Å². The van der Waals surface area contributed by atoms with Crippen LogP contribution in [0.4, 0.5) is 26.5 Å². The smallest absolute Gasteiger partial charge is 0.320 e. The van der Waals surface area contributed by atoms with E-state index in [-0.39, 0.29) is 5.56 Å². The summed E-state index contributed by atoms with van der Waals surface area (Å²) < 4.78 is 76.9. The summed E-state index contributed by atoms with van der Waals surface area (Å²) in [5, 5.41) is -2.56. The molecule has 0 aliphatic rings. The minimum absolute atomic E-state index is 0.106. The van der Waals surface area contributed by atoms with E-state index in [0.29, 0.717) is 11.6 Å². The Hall–Kier alpha value is -2.39. The normalized spacial score (nSPS) is 13.2. The maximum absolute atomic E-state index is 13.6. The van der Waals surface area contributed by atoms with Gasteiger partial charge in [-0.1, -0.05) is 21.1 Å². The van der Waals surface area contributed by atoms with Crippen LogP contribution in [-0.4, -0.2) is 17.2 Å². The topological polar surface area (TPSA) is 46.3 Å². The fourth-order valence-corrected chi connectivity index (χ4v) is 2.04. The number of hydrogen-bond donors (Lipinski definition) is 1. The summed E-state index contributed by atoms with van der Waals surface area (Å²) in [6, 6.07) is 0.608. The second-order valence-corrected chi connectivity index (χ2v) is 4.91. The fraction of sp³-hybridized carbons (Fsp3) is 0.133. The van der Waals surface area contributed by atoms with Crippen molar-refractivity contribution in [3.05, 3.63) is 70.8 Å². The quantitative estimate of drug-likeness (QED) is 0.386. The van der Waals surface area contributed by atoms with Gasteiger partial charge < -0.3 is 5.73 Å². The SMILES string of the molecule is NC(c1ccc(F)cc1)c1cc(F)cc(C(=O)C(F)(F)N(F)F)c1. The average Bonchev–Trinajstić information content (AvgIpc) is 2.53. The summed E-state index contributed by atoms with van der Waals surface area (Å²) >= 11 is 0. The first-order chi connectivity index (χ1) is 11.1. The monoisotopic (exact) mass is 348 g/mol. The van der Waals surface area contributed by atoms with Crippen molar-refractivity contribution in [1.82, 2.24) is 5.34 Å². The minimum atomic E-state index is -5.11. The van der Waals surface area contributed by atoms with Gasteiger partial charge in [0.25, 0.3) is 5.78 Å². The summed E-state index contributed by atoms with van der Waals surface area (Å²) in [6.07, 6.45) is 0. The van der Waals surface area contributed by atoms with Gasteiger partial charge in [-0.3, -0.25) is 4.79 Å². The van der Waals surface area contributed by atoms with Crippen molar-refractivity contribution in [2.24, 2.45) is 5.73 Å². The second-order valence-electron chi connectivity index (χ2n) is 4.91. The Kier molecular flexibility index (Phi) is 4.95. The zero-order chi connectivity index (χ0) is 18.1. The van der Waals surface area contributed by atoms with Crippen LogP contribution >= 0.6 is 0 Å². The summed E-state index contributed by atoms with van der Waals surface area (Å²) in [5.41, 5.74) is 5.07. The molecule has 0 aliphatic carbocycles. The molecule has 0 radical (unpaired) electrons. The summed E-state index contributed by atoms with van der Waals surface area (Å²) in [4.78, 5) is 11.5. The number of carbonyl (C=O) groups excluding carboxylic acids is 1. The molecule has 0 saturated heterocycles. The molecule has 2 aromatic carbocycles. The Labute approximate surface area is 132 Å². The van der Waals surface area contributed by atoms with Crippen molar-refractivity contribution in [3.8, 4) is 0 Å². The van der Waals surface area contributed by atoms with Gasteiger partial charge in [-0.05, 0) is 41.5 Å². The highest BCUT2D eigenvalue weighted by Gasteiger charge is 2.48. The van der Waals surface area contributed by atoms with Gasteiger partial charge in [0, 0.05) is 5.56 Å². The van der Waals surface area contributed by atoms with E-state index in [1.54, 1.807) is 0 Å². The average molecular weight is 348 g/mol. The van der Waals surface area contributed by atoms with E-state index in [9.17, 15) is 31.3 Å². The molecule has 128 valence electrons. The fourth-order valence-electron chi connectivity index (χ4n) is 2.04. The third kappa shape index (κ3) is 3.57. The third-order valence-corrected chi connectivity index (χ3v) is 3.26. The number of nitrogens with zero attached hydrogens (tertiary/aromatic N) is 1. The Morgan fingerprint density at radius 3 is 2.08 bits per heavy atom. The van der Waals surface area contributed by atoms with Crippen molar-refractivity contribution in [3.63, 3.8) is 0 Å². The molecule has 2 rings (SSSR count). The van der Waals surface area contributed by atoms with Crippen molar-refractivity contribution >= 4 is 5.78 Å². The maximum atomic E-state index is 13.6. The molecule has 2 aromatic rings. The number of benzene rings is 2. The van der Waals surface area contributed by atoms with Crippen LogP contribution in [-0.2, 0) is 0 Å². The zero-order valence-electron chi connectivity index (χ0n) is 11.8. The predicted octanol–water partition coefficient (Wildman–Crippen LogP) is 3.86. The molecular formula is C15H10F6N2O. The lowest BCUT2D eigenvalue weighted by Gasteiger charge is -2.17. The molecule has 24 heavy (non-hydrogen) atoms. The van der Waals surface area contributed by atoms with Crippen molar-refractivity contribution < 1.29 is 31.3 Å². The third-order valence-electron chi connectivity index (χ3n) is 3.26. The molecule has 3 nitrogen and oxygen atoms in total. The molecule has 0 amide bonds. The van der Waals surface area contributed by atoms with Gasteiger partial charge in [0.15, 0.2) is 0 Å². The molecule has 9 heteroatoms. The maximum Gasteiger partial charge on any atom is 0.420 e. The van der Waals surface area contributed by atoms with Crippen LogP contribution in [0.3, 0.4) is 0 Å². The lowest BCUT2D eigenvalue weighted by molar-refractivity contribution is -0.304.